The second kappa shape index (κ2) is 12.1. The number of carbonyl (C=O) groups excluding carboxylic acids is 1. The minimum atomic E-state index is 0.0741. The van der Waals surface area contributed by atoms with Crippen LogP contribution in [0.5, 0.6) is 11.5 Å². The Bertz CT molecular complexity index is 1070. The van der Waals surface area contributed by atoms with Crippen LogP contribution in [-0.4, -0.2) is 35.7 Å². The first-order valence-corrected chi connectivity index (χ1v) is 11.7. The summed E-state index contributed by atoms with van der Waals surface area (Å²) in [6.07, 6.45) is 5.04. The molecule has 0 atom stereocenters. The second-order valence-corrected chi connectivity index (χ2v) is 8.05. The SMILES string of the molecule is C=CCc1ccc(OCCn2c(CCNC(=O)C(CC)CC)nc3ccccc32)c(OC)c1. The maximum absolute atomic E-state index is 12.3. The van der Waals surface area contributed by atoms with Crippen LogP contribution in [0.4, 0.5) is 0 Å². The van der Waals surface area contributed by atoms with E-state index in [1.54, 1.807) is 7.11 Å². The summed E-state index contributed by atoms with van der Waals surface area (Å²) >= 11 is 0. The molecular formula is C27H35N3O3. The number of nitrogens with zero attached hydrogens (tertiary/aromatic N) is 2. The van der Waals surface area contributed by atoms with Gasteiger partial charge in [0.25, 0.3) is 0 Å². The summed E-state index contributed by atoms with van der Waals surface area (Å²) in [6, 6.07) is 14.0. The van der Waals surface area contributed by atoms with Gasteiger partial charge in [-0.1, -0.05) is 38.1 Å². The Kier molecular flexibility index (Phi) is 8.93. The zero-order valence-electron chi connectivity index (χ0n) is 20.0. The first-order chi connectivity index (χ1) is 16.1. The summed E-state index contributed by atoms with van der Waals surface area (Å²) in [6.45, 7) is 9.58. The fourth-order valence-corrected chi connectivity index (χ4v) is 4.04. The molecule has 6 heteroatoms. The Morgan fingerprint density at radius 1 is 1.18 bits per heavy atom. The molecule has 0 fully saturated rings. The van der Waals surface area contributed by atoms with Crippen LogP contribution >= 0.6 is 0 Å². The number of fused-ring (bicyclic) bond motifs is 1. The lowest BCUT2D eigenvalue weighted by Crippen LogP contribution is -2.32. The van der Waals surface area contributed by atoms with Gasteiger partial charge in [-0.3, -0.25) is 4.79 Å². The van der Waals surface area contributed by atoms with Gasteiger partial charge in [0.15, 0.2) is 11.5 Å². The largest absolute Gasteiger partial charge is 0.493 e. The molecule has 33 heavy (non-hydrogen) atoms. The van der Waals surface area contributed by atoms with Crippen LogP contribution in [0.1, 0.15) is 38.1 Å². The van der Waals surface area contributed by atoms with Crippen molar-refractivity contribution in [2.75, 3.05) is 20.3 Å². The molecular weight excluding hydrogens is 414 g/mol. The van der Waals surface area contributed by atoms with Gasteiger partial charge in [-0.25, -0.2) is 4.98 Å². The predicted octanol–water partition coefficient (Wildman–Crippen LogP) is 4.95. The van der Waals surface area contributed by atoms with E-state index in [1.165, 1.54) is 0 Å². The molecule has 0 aliphatic heterocycles. The van der Waals surface area contributed by atoms with Gasteiger partial charge in [0.05, 0.1) is 24.7 Å². The van der Waals surface area contributed by atoms with Crippen molar-refractivity contribution >= 4 is 16.9 Å². The van der Waals surface area contributed by atoms with Crippen molar-refractivity contribution in [1.29, 1.82) is 0 Å². The Morgan fingerprint density at radius 2 is 1.97 bits per heavy atom. The topological polar surface area (TPSA) is 65.4 Å². The number of hydrogen-bond acceptors (Lipinski definition) is 4. The van der Waals surface area contributed by atoms with Crippen molar-refractivity contribution in [2.24, 2.45) is 5.92 Å². The number of carbonyl (C=O) groups is 1. The molecule has 0 aliphatic carbocycles. The molecule has 0 spiro atoms. The summed E-state index contributed by atoms with van der Waals surface area (Å²) in [7, 11) is 1.65. The van der Waals surface area contributed by atoms with Gasteiger partial charge >= 0.3 is 0 Å². The number of ether oxygens (including phenoxy) is 2. The molecule has 176 valence electrons. The van der Waals surface area contributed by atoms with Gasteiger partial charge in [-0.2, -0.15) is 0 Å². The first-order valence-electron chi connectivity index (χ1n) is 11.7. The van der Waals surface area contributed by atoms with Gasteiger partial charge in [0.1, 0.15) is 12.4 Å². The summed E-state index contributed by atoms with van der Waals surface area (Å²) in [5.74, 6) is 2.57. The number of nitrogens with one attached hydrogen (secondary N) is 1. The van der Waals surface area contributed by atoms with E-state index in [0.717, 1.165) is 41.7 Å². The number of methoxy groups -OCH3 is 1. The number of hydrogen-bond donors (Lipinski definition) is 1. The van der Waals surface area contributed by atoms with Crippen LogP contribution < -0.4 is 14.8 Å². The number of benzene rings is 2. The minimum Gasteiger partial charge on any atom is -0.493 e. The predicted molar refractivity (Wildman–Crippen MR) is 133 cm³/mol. The van der Waals surface area contributed by atoms with Crippen LogP contribution in [0, 0.1) is 5.92 Å². The van der Waals surface area contributed by atoms with E-state index < -0.39 is 0 Å². The average Bonchev–Trinajstić information content (AvgIpc) is 3.18. The molecule has 3 aromatic rings. The van der Waals surface area contributed by atoms with Gasteiger partial charge in [0, 0.05) is 18.9 Å². The number of amides is 1. The Hall–Kier alpha value is -3.28. The molecule has 1 aromatic heterocycles. The van der Waals surface area contributed by atoms with E-state index >= 15 is 0 Å². The van der Waals surface area contributed by atoms with Crippen LogP contribution in [0.3, 0.4) is 0 Å². The van der Waals surface area contributed by atoms with Crippen LogP contribution in [-0.2, 0) is 24.2 Å². The molecule has 3 rings (SSSR count). The van der Waals surface area contributed by atoms with E-state index in [1.807, 2.05) is 42.5 Å². The molecule has 0 radical (unpaired) electrons. The fraction of sp³-hybridized carbons (Fsp3) is 0.407. The molecule has 0 unspecified atom stereocenters. The first kappa shape index (κ1) is 24.4. The van der Waals surface area contributed by atoms with Crippen molar-refractivity contribution in [1.82, 2.24) is 14.9 Å². The van der Waals surface area contributed by atoms with E-state index in [9.17, 15) is 4.79 Å². The Balaban J connectivity index is 1.68. The third-order valence-corrected chi connectivity index (χ3v) is 5.92. The van der Waals surface area contributed by atoms with Crippen molar-refractivity contribution in [3.8, 4) is 11.5 Å². The average molecular weight is 450 g/mol. The van der Waals surface area contributed by atoms with Crippen molar-refractivity contribution in [3.05, 3.63) is 66.5 Å². The lowest BCUT2D eigenvalue weighted by Gasteiger charge is -2.15. The quantitative estimate of drug-likeness (QED) is 0.375. The summed E-state index contributed by atoms with van der Waals surface area (Å²) < 4.78 is 13.8. The molecule has 1 heterocycles. The molecule has 2 aromatic carbocycles. The van der Waals surface area contributed by atoms with E-state index in [4.69, 9.17) is 14.5 Å². The summed E-state index contributed by atoms with van der Waals surface area (Å²) in [4.78, 5) is 17.1. The molecule has 1 amide bonds. The molecule has 0 saturated carbocycles. The van der Waals surface area contributed by atoms with Crippen LogP contribution in [0.25, 0.3) is 11.0 Å². The van der Waals surface area contributed by atoms with Gasteiger partial charge in [-0.15, -0.1) is 6.58 Å². The highest BCUT2D eigenvalue weighted by Crippen LogP contribution is 2.28. The summed E-state index contributed by atoms with van der Waals surface area (Å²) in [5, 5.41) is 3.07. The second-order valence-electron chi connectivity index (χ2n) is 8.05. The minimum absolute atomic E-state index is 0.0741. The summed E-state index contributed by atoms with van der Waals surface area (Å²) in [5.41, 5.74) is 3.15. The third-order valence-electron chi connectivity index (χ3n) is 5.92. The zero-order chi connectivity index (χ0) is 23.6. The van der Waals surface area contributed by atoms with E-state index in [-0.39, 0.29) is 11.8 Å². The highest BCUT2D eigenvalue weighted by atomic mass is 16.5. The maximum Gasteiger partial charge on any atom is 0.223 e. The fourth-order valence-electron chi connectivity index (χ4n) is 4.04. The van der Waals surface area contributed by atoms with Gasteiger partial charge < -0.3 is 19.4 Å². The van der Waals surface area contributed by atoms with E-state index in [0.29, 0.717) is 37.6 Å². The number of rotatable bonds is 13. The van der Waals surface area contributed by atoms with Crippen LogP contribution in [0.15, 0.2) is 55.1 Å². The lowest BCUT2D eigenvalue weighted by molar-refractivity contribution is -0.125. The smallest absolute Gasteiger partial charge is 0.223 e. The number of para-hydroxylation sites is 2. The van der Waals surface area contributed by atoms with Crippen LogP contribution in [0.2, 0.25) is 0 Å². The van der Waals surface area contributed by atoms with Crippen molar-refractivity contribution in [3.63, 3.8) is 0 Å². The Morgan fingerprint density at radius 3 is 2.70 bits per heavy atom. The molecule has 1 N–H and O–H groups in total. The molecule has 6 nitrogen and oxygen atoms in total. The molecule has 0 bridgehead atoms. The number of imidazole rings is 1. The van der Waals surface area contributed by atoms with Crippen molar-refractivity contribution in [2.45, 2.75) is 46.1 Å². The molecule has 0 saturated heterocycles. The zero-order valence-corrected chi connectivity index (χ0v) is 20.0. The highest BCUT2D eigenvalue weighted by Gasteiger charge is 2.15. The van der Waals surface area contributed by atoms with Gasteiger partial charge in [-0.05, 0) is 49.1 Å². The Labute approximate surface area is 196 Å². The normalized spacial score (nSPS) is 11.0. The van der Waals surface area contributed by atoms with Gasteiger partial charge in [0.2, 0.25) is 5.91 Å². The maximum atomic E-state index is 12.3. The third kappa shape index (κ3) is 6.15. The number of aromatic nitrogens is 2. The lowest BCUT2D eigenvalue weighted by atomic mass is 10.0. The highest BCUT2D eigenvalue weighted by molar-refractivity contribution is 5.78. The standard InChI is InChI=1S/C27H35N3O3/c1-5-10-20-13-14-24(25(19-20)32-4)33-18-17-30-23-12-9-8-11-22(23)29-26(30)15-16-28-27(31)21(6-2)7-3/h5,8-9,11-14,19,21H,1,6-7,10,15-18H2,2-4H3,(H,28,31). The molecule has 0 aliphatic rings. The van der Waals surface area contributed by atoms with Crippen molar-refractivity contribution < 1.29 is 14.3 Å². The number of allylic oxidation sites excluding steroid dienone is 1. The van der Waals surface area contributed by atoms with E-state index in [2.05, 4.69) is 36.4 Å². The monoisotopic (exact) mass is 449 g/mol.